The van der Waals surface area contributed by atoms with E-state index in [-0.39, 0.29) is 5.82 Å². The second-order valence-corrected chi connectivity index (χ2v) is 5.57. The van der Waals surface area contributed by atoms with Crippen molar-refractivity contribution < 1.29 is 4.39 Å². The molecule has 0 bridgehead atoms. The predicted molar refractivity (Wildman–Crippen MR) is 74.1 cm³/mol. The largest absolute Gasteiger partial charge is 0.303 e. The molecule has 0 aliphatic heterocycles. The zero-order chi connectivity index (χ0) is 13.4. The van der Waals surface area contributed by atoms with E-state index in [4.69, 9.17) is 5.26 Å². The molecular weight excluding hydrogens is 247 g/mol. The molecule has 0 spiro atoms. The molecule has 1 N–H and O–H groups in total. The van der Waals surface area contributed by atoms with E-state index in [1.54, 1.807) is 19.2 Å². The molecule has 0 aliphatic carbocycles. The van der Waals surface area contributed by atoms with Crippen LogP contribution < -0.4 is 5.32 Å². The zero-order valence-electron chi connectivity index (χ0n) is 10.9. The van der Waals surface area contributed by atoms with Crippen LogP contribution in [0.5, 0.6) is 0 Å². The maximum Gasteiger partial charge on any atom is 0.136 e. The van der Waals surface area contributed by atoms with Crippen LogP contribution in [0.4, 0.5) is 4.39 Å². The lowest BCUT2D eigenvalue weighted by atomic mass is 9.97. The van der Waals surface area contributed by atoms with Crippen LogP contribution in [0.2, 0.25) is 0 Å². The fraction of sp³-hybridized carbons (Fsp3) is 0.500. The van der Waals surface area contributed by atoms with Crippen LogP contribution in [0.1, 0.15) is 26.2 Å². The van der Waals surface area contributed by atoms with E-state index < -0.39 is 5.54 Å². The Labute approximate surface area is 113 Å². The molecule has 18 heavy (non-hydrogen) atoms. The first-order valence-corrected chi connectivity index (χ1v) is 7.07. The monoisotopic (exact) mass is 266 g/mol. The lowest BCUT2D eigenvalue weighted by Gasteiger charge is -2.20. The van der Waals surface area contributed by atoms with Gasteiger partial charge in [-0.05, 0) is 51.1 Å². The van der Waals surface area contributed by atoms with E-state index in [2.05, 4.69) is 11.4 Å². The first-order valence-electron chi connectivity index (χ1n) is 6.09. The van der Waals surface area contributed by atoms with E-state index in [1.807, 2.05) is 13.0 Å². The molecule has 98 valence electrons. The molecule has 0 radical (unpaired) electrons. The van der Waals surface area contributed by atoms with E-state index >= 15 is 0 Å². The second-order valence-electron chi connectivity index (χ2n) is 4.43. The molecule has 0 heterocycles. The first-order chi connectivity index (χ1) is 8.61. The number of nitrogens with one attached hydrogen (secondary N) is 1. The maximum atomic E-state index is 13.3. The van der Waals surface area contributed by atoms with Crippen molar-refractivity contribution >= 4 is 11.8 Å². The molecule has 0 saturated carbocycles. The lowest BCUT2D eigenvalue weighted by molar-refractivity contribution is 0.439. The summed E-state index contributed by atoms with van der Waals surface area (Å²) in [6.45, 7) is 1.90. The summed E-state index contributed by atoms with van der Waals surface area (Å²) in [5, 5.41) is 12.0. The van der Waals surface area contributed by atoms with Crippen molar-refractivity contribution in [2.24, 2.45) is 0 Å². The Morgan fingerprint density at radius 2 is 2.11 bits per heavy atom. The minimum atomic E-state index is -0.442. The smallest absolute Gasteiger partial charge is 0.136 e. The Morgan fingerprint density at radius 3 is 2.72 bits per heavy atom. The third-order valence-electron chi connectivity index (χ3n) is 2.96. The number of rotatable bonds is 7. The summed E-state index contributed by atoms with van der Waals surface area (Å²) in [4.78, 5) is 0.703. The Kier molecular flexibility index (Phi) is 6.17. The standard InChI is InChI=1S/C14H19FN2S/c1-14(11-16,17-2)9-5-6-10-18-13-8-4-3-7-12(13)15/h3-4,7-8,17H,5-6,9-10H2,1-2H3. The van der Waals surface area contributed by atoms with Gasteiger partial charge in [0.1, 0.15) is 11.4 Å². The molecular formula is C14H19FN2S. The molecule has 2 nitrogen and oxygen atoms in total. The maximum absolute atomic E-state index is 13.3. The highest BCUT2D eigenvalue weighted by Gasteiger charge is 2.19. The molecule has 0 saturated heterocycles. The number of halogens is 1. The van der Waals surface area contributed by atoms with Crippen LogP contribution in [0, 0.1) is 17.1 Å². The molecule has 0 aliphatic rings. The topological polar surface area (TPSA) is 35.8 Å². The van der Waals surface area contributed by atoms with Gasteiger partial charge < -0.3 is 5.32 Å². The van der Waals surface area contributed by atoms with Gasteiger partial charge in [0, 0.05) is 4.90 Å². The summed E-state index contributed by atoms with van der Waals surface area (Å²) < 4.78 is 13.3. The molecule has 0 aromatic heterocycles. The summed E-state index contributed by atoms with van der Waals surface area (Å²) in [5.74, 6) is 0.728. The Balaban J connectivity index is 2.24. The van der Waals surface area contributed by atoms with Crippen molar-refractivity contribution in [1.82, 2.24) is 5.32 Å². The lowest BCUT2D eigenvalue weighted by Crippen LogP contribution is -2.37. The third kappa shape index (κ3) is 4.67. The Morgan fingerprint density at radius 1 is 1.39 bits per heavy atom. The van der Waals surface area contributed by atoms with Crippen LogP contribution in [0.25, 0.3) is 0 Å². The van der Waals surface area contributed by atoms with Gasteiger partial charge in [-0.2, -0.15) is 5.26 Å². The minimum absolute atomic E-state index is 0.153. The molecule has 1 atom stereocenters. The number of benzene rings is 1. The summed E-state index contributed by atoms with van der Waals surface area (Å²) in [6, 6.07) is 9.09. The van der Waals surface area contributed by atoms with Crippen LogP contribution in [0.3, 0.4) is 0 Å². The fourth-order valence-corrected chi connectivity index (χ4v) is 2.51. The van der Waals surface area contributed by atoms with E-state index in [9.17, 15) is 4.39 Å². The van der Waals surface area contributed by atoms with Gasteiger partial charge >= 0.3 is 0 Å². The average Bonchev–Trinajstić information content (AvgIpc) is 2.40. The number of hydrogen-bond acceptors (Lipinski definition) is 3. The molecule has 1 aromatic carbocycles. The quantitative estimate of drug-likeness (QED) is 0.605. The fourth-order valence-electron chi connectivity index (χ4n) is 1.56. The molecule has 1 aromatic rings. The Bertz CT molecular complexity index is 417. The van der Waals surface area contributed by atoms with Crippen molar-refractivity contribution in [3.8, 4) is 6.07 Å². The molecule has 4 heteroatoms. The van der Waals surface area contributed by atoms with Crippen molar-refractivity contribution in [3.63, 3.8) is 0 Å². The van der Waals surface area contributed by atoms with Gasteiger partial charge in [-0.15, -0.1) is 11.8 Å². The highest BCUT2D eigenvalue weighted by molar-refractivity contribution is 7.99. The van der Waals surface area contributed by atoms with Gasteiger partial charge in [-0.3, -0.25) is 0 Å². The van der Waals surface area contributed by atoms with Crippen LogP contribution in [0.15, 0.2) is 29.2 Å². The normalized spacial score (nSPS) is 13.9. The number of unbranched alkanes of at least 4 members (excludes halogenated alkanes) is 1. The van der Waals surface area contributed by atoms with Crippen molar-refractivity contribution in [3.05, 3.63) is 30.1 Å². The molecule has 0 fully saturated rings. The number of nitriles is 1. The third-order valence-corrected chi connectivity index (χ3v) is 4.10. The van der Waals surface area contributed by atoms with Gasteiger partial charge in [0.25, 0.3) is 0 Å². The average molecular weight is 266 g/mol. The van der Waals surface area contributed by atoms with E-state index in [1.165, 1.54) is 17.8 Å². The number of thioether (sulfide) groups is 1. The minimum Gasteiger partial charge on any atom is -0.303 e. The zero-order valence-corrected chi connectivity index (χ0v) is 11.7. The number of hydrogen-bond donors (Lipinski definition) is 1. The highest BCUT2D eigenvalue weighted by atomic mass is 32.2. The summed E-state index contributed by atoms with van der Waals surface area (Å²) >= 11 is 1.53. The van der Waals surface area contributed by atoms with Crippen LogP contribution in [-0.2, 0) is 0 Å². The van der Waals surface area contributed by atoms with E-state index in [0.29, 0.717) is 4.90 Å². The summed E-state index contributed by atoms with van der Waals surface area (Å²) in [5.41, 5.74) is -0.442. The highest BCUT2D eigenvalue weighted by Crippen LogP contribution is 2.23. The van der Waals surface area contributed by atoms with Crippen molar-refractivity contribution in [2.75, 3.05) is 12.8 Å². The molecule has 1 rings (SSSR count). The van der Waals surface area contributed by atoms with Gasteiger partial charge in [0.2, 0.25) is 0 Å². The first kappa shape index (κ1) is 15.0. The summed E-state index contributed by atoms with van der Waals surface area (Å²) in [6.07, 6.45) is 2.77. The van der Waals surface area contributed by atoms with Gasteiger partial charge in [-0.25, -0.2) is 4.39 Å². The van der Waals surface area contributed by atoms with Gasteiger partial charge in [0.15, 0.2) is 0 Å². The second kappa shape index (κ2) is 7.40. The predicted octanol–water partition coefficient (Wildman–Crippen LogP) is 3.59. The van der Waals surface area contributed by atoms with Gasteiger partial charge in [0.05, 0.1) is 6.07 Å². The molecule has 0 amide bonds. The van der Waals surface area contributed by atoms with Crippen LogP contribution in [-0.4, -0.2) is 18.3 Å². The van der Waals surface area contributed by atoms with Crippen molar-refractivity contribution in [1.29, 1.82) is 5.26 Å². The van der Waals surface area contributed by atoms with Crippen molar-refractivity contribution in [2.45, 2.75) is 36.6 Å². The number of nitrogens with zero attached hydrogens (tertiary/aromatic N) is 1. The van der Waals surface area contributed by atoms with Gasteiger partial charge in [-0.1, -0.05) is 12.1 Å². The summed E-state index contributed by atoms with van der Waals surface area (Å²) in [7, 11) is 1.80. The molecule has 1 unspecified atom stereocenters. The SMILES string of the molecule is CNC(C)(C#N)CCCCSc1ccccc1F. The Hall–Kier alpha value is -1.05. The van der Waals surface area contributed by atoms with Crippen LogP contribution >= 0.6 is 11.8 Å². The van der Waals surface area contributed by atoms with E-state index in [0.717, 1.165) is 25.0 Å².